The number of ether oxygens (including phenoxy) is 2. The highest BCUT2D eigenvalue weighted by molar-refractivity contribution is 5.94. The largest absolute Gasteiger partial charge is 0.462 e. The third kappa shape index (κ3) is 3.01. The predicted octanol–water partition coefficient (Wildman–Crippen LogP) is 2.03. The number of nitrogens with zero attached hydrogens (tertiary/aromatic N) is 2. The van der Waals surface area contributed by atoms with Gasteiger partial charge in [-0.05, 0) is 32.0 Å². The number of morpholine rings is 1. The number of hydrogen-bond donors (Lipinski definition) is 0. The number of esters is 1. The number of hydrogen-bond acceptors (Lipinski definition) is 5. The molecule has 0 aliphatic carbocycles. The molecule has 24 heavy (non-hydrogen) atoms. The summed E-state index contributed by atoms with van der Waals surface area (Å²) in [6, 6.07) is 5.83. The second kappa shape index (κ2) is 7.05. The summed E-state index contributed by atoms with van der Waals surface area (Å²) in [6.45, 7) is 7.58. The van der Waals surface area contributed by atoms with Gasteiger partial charge < -0.3 is 18.9 Å². The number of rotatable bonds is 4. The Bertz CT molecular complexity index is 807. The first-order valence-electron chi connectivity index (χ1n) is 8.32. The summed E-state index contributed by atoms with van der Waals surface area (Å²) in [6.07, 6.45) is 1.59. The minimum Gasteiger partial charge on any atom is -0.462 e. The normalized spacial score (nSPS) is 14.8. The monoisotopic (exact) mass is 330 g/mol. The van der Waals surface area contributed by atoms with Crippen LogP contribution in [0.1, 0.15) is 24.2 Å². The van der Waals surface area contributed by atoms with Crippen LogP contribution < -0.4 is 10.3 Å². The predicted molar refractivity (Wildman–Crippen MR) is 92.9 cm³/mol. The smallest absolute Gasteiger partial charge is 0.343 e. The van der Waals surface area contributed by atoms with E-state index in [4.69, 9.17) is 9.47 Å². The van der Waals surface area contributed by atoms with Gasteiger partial charge in [0, 0.05) is 36.9 Å². The molecule has 3 rings (SSSR count). The molecule has 1 fully saturated rings. The van der Waals surface area contributed by atoms with E-state index in [2.05, 4.69) is 4.90 Å². The number of anilines is 1. The average Bonchev–Trinajstić information content (AvgIpc) is 2.63. The molecule has 0 spiro atoms. The quantitative estimate of drug-likeness (QED) is 0.803. The number of aryl methyl sites for hydroxylation is 1. The Morgan fingerprint density at radius 1 is 1.25 bits per heavy atom. The van der Waals surface area contributed by atoms with E-state index in [9.17, 15) is 9.59 Å². The molecule has 2 aromatic rings. The van der Waals surface area contributed by atoms with Crippen molar-refractivity contribution >= 4 is 22.6 Å². The van der Waals surface area contributed by atoms with E-state index in [1.165, 1.54) is 0 Å². The molecule has 0 unspecified atom stereocenters. The lowest BCUT2D eigenvalue weighted by molar-refractivity contribution is 0.0524. The molecule has 0 atom stereocenters. The minimum atomic E-state index is -0.566. The molecule has 1 aromatic heterocycles. The summed E-state index contributed by atoms with van der Waals surface area (Å²) in [5.74, 6) is -0.566. The summed E-state index contributed by atoms with van der Waals surface area (Å²) in [5, 5.41) is 0.548. The van der Waals surface area contributed by atoms with Gasteiger partial charge in [-0.2, -0.15) is 0 Å². The molecular formula is C18H22N2O4. The summed E-state index contributed by atoms with van der Waals surface area (Å²) < 4.78 is 12.3. The van der Waals surface area contributed by atoms with Crippen LogP contribution in [0.4, 0.5) is 5.69 Å². The summed E-state index contributed by atoms with van der Waals surface area (Å²) >= 11 is 0. The highest BCUT2D eigenvalue weighted by atomic mass is 16.5. The first-order valence-corrected chi connectivity index (χ1v) is 8.32. The van der Waals surface area contributed by atoms with E-state index in [-0.39, 0.29) is 17.6 Å². The number of benzene rings is 1. The van der Waals surface area contributed by atoms with E-state index < -0.39 is 5.97 Å². The van der Waals surface area contributed by atoms with Crippen molar-refractivity contribution < 1.29 is 14.3 Å². The number of fused-ring (bicyclic) bond motifs is 1. The van der Waals surface area contributed by atoms with Gasteiger partial charge in [-0.25, -0.2) is 4.79 Å². The van der Waals surface area contributed by atoms with E-state index >= 15 is 0 Å². The molecule has 2 heterocycles. The fourth-order valence-electron chi connectivity index (χ4n) is 3.02. The van der Waals surface area contributed by atoms with Crippen LogP contribution in [0.3, 0.4) is 0 Å². The minimum absolute atomic E-state index is 0.0883. The van der Waals surface area contributed by atoms with Crippen LogP contribution in [0.15, 0.2) is 29.2 Å². The van der Waals surface area contributed by atoms with Crippen molar-refractivity contribution in [1.82, 2.24) is 4.57 Å². The fraction of sp³-hybridized carbons (Fsp3) is 0.444. The van der Waals surface area contributed by atoms with Crippen LogP contribution in [0.25, 0.3) is 10.9 Å². The van der Waals surface area contributed by atoms with Gasteiger partial charge in [0.1, 0.15) is 5.56 Å². The van der Waals surface area contributed by atoms with Crippen LogP contribution in [0.2, 0.25) is 0 Å². The van der Waals surface area contributed by atoms with Crippen LogP contribution in [-0.2, 0) is 16.0 Å². The van der Waals surface area contributed by atoms with Crippen molar-refractivity contribution in [1.29, 1.82) is 0 Å². The van der Waals surface area contributed by atoms with E-state index in [0.29, 0.717) is 25.1 Å². The number of carbonyl (C=O) groups is 1. The Labute approximate surface area is 140 Å². The second-order valence-corrected chi connectivity index (χ2v) is 5.68. The van der Waals surface area contributed by atoms with Gasteiger partial charge in [0.05, 0.1) is 25.3 Å². The number of aromatic nitrogens is 1. The molecule has 0 bridgehead atoms. The SMILES string of the molecule is CCOC(=O)c1cn(CC)c2ccc(N3CCOCC3)cc2c1=O. The maximum atomic E-state index is 12.8. The van der Waals surface area contributed by atoms with Crippen LogP contribution >= 0.6 is 0 Å². The maximum absolute atomic E-state index is 12.8. The van der Waals surface area contributed by atoms with Crippen molar-refractivity contribution in [2.24, 2.45) is 0 Å². The first-order chi connectivity index (χ1) is 11.7. The van der Waals surface area contributed by atoms with E-state index in [1.807, 2.05) is 29.7 Å². The van der Waals surface area contributed by atoms with E-state index in [1.54, 1.807) is 13.1 Å². The van der Waals surface area contributed by atoms with Crippen molar-refractivity contribution in [2.75, 3.05) is 37.8 Å². The van der Waals surface area contributed by atoms with Gasteiger partial charge in [0.25, 0.3) is 0 Å². The zero-order valence-corrected chi connectivity index (χ0v) is 14.1. The summed E-state index contributed by atoms with van der Waals surface area (Å²) in [4.78, 5) is 27.1. The molecular weight excluding hydrogens is 308 g/mol. The highest BCUT2D eigenvalue weighted by Crippen LogP contribution is 2.22. The van der Waals surface area contributed by atoms with Crippen LogP contribution in [0, 0.1) is 0 Å². The Morgan fingerprint density at radius 3 is 2.67 bits per heavy atom. The van der Waals surface area contributed by atoms with Gasteiger partial charge in [0.2, 0.25) is 5.43 Å². The van der Waals surface area contributed by atoms with E-state index in [0.717, 1.165) is 24.3 Å². The lowest BCUT2D eigenvalue weighted by Gasteiger charge is -2.29. The first kappa shape index (κ1) is 16.5. The summed E-state index contributed by atoms with van der Waals surface area (Å²) in [7, 11) is 0. The molecule has 0 amide bonds. The van der Waals surface area contributed by atoms with Crippen molar-refractivity contribution in [3.8, 4) is 0 Å². The molecule has 0 radical (unpaired) electrons. The average molecular weight is 330 g/mol. The van der Waals surface area contributed by atoms with Crippen molar-refractivity contribution in [2.45, 2.75) is 20.4 Å². The zero-order valence-electron chi connectivity index (χ0n) is 14.1. The number of pyridine rings is 1. The topological polar surface area (TPSA) is 60.8 Å². The fourth-order valence-corrected chi connectivity index (χ4v) is 3.02. The second-order valence-electron chi connectivity index (χ2n) is 5.68. The Kier molecular flexibility index (Phi) is 4.85. The van der Waals surface area contributed by atoms with Crippen molar-refractivity contribution in [3.63, 3.8) is 0 Å². The summed E-state index contributed by atoms with van der Waals surface area (Å²) in [5.41, 5.74) is 1.62. The maximum Gasteiger partial charge on any atom is 0.343 e. The molecule has 1 aliphatic heterocycles. The molecule has 6 heteroatoms. The van der Waals surface area contributed by atoms with Crippen molar-refractivity contribution in [3.05, 3.63) is 40.2 Å². The third-order valence-electron chi connectivity index (χ3n) is 4.28. The molecule has 1 aromatic carbocycles. The molecule has 0 saturated carbocycles. The van der Waals surface area contributed by atoms with Crippen LogP contribution in [0.5, 0.6) is 0 Å². The zero-order chi connectivity index (χ0) is 17.1. The van der Waals surface area contributed by atoms with Gasteiger partial charge >= 0.3 is 5.97 Å². The van der Waals surface area contributed by atoms with Gasteiger partial charge in [-0.15, -0.1) is 0 Å². The van der Waals surface area contributed by atoms with Gasteiger partial charge in [0.15, 0.2) is 0 Å². The third-order valence-corrected chi connectivity index (χ3v) is 4.28. The Morgan fingerprint density at radius 2 is 2.00 bits per heavy atom. The molecule has 6 nitrogen and oxygen atoms in total. The standard InChI is InChI=1S/C18H22N2O4/c1-3-19-12-15(18(22)24-4-2)17(21)14-11-13(5-6-16(14)19)20-7-9-23-10-8-20/h5-6,11-12H,3-4,7-10H2,1-2H3. The van der Waals surface area contributed by atoms with Gasteiger partial charge in [-0.3, -0.25) is 4.79 Å². The highest BCUT2D eigenvalue weighted by Gasteiger charge is 2.18. The number of carbonyl (C=O) groups excluding carboxylic acids is 1. The lowest BCUT2D eigenvalue weighted by atomic mass is 10.1. The van der Waals surface area contributed by atoms with Gasteiger partial charge in [-0.1, -0.05) is 0 Å². The Balaban J connectivity index is 2.13. The lowest BCUT2D eigenvalue weighted by Crippen LogP contribution is -2.36. The molecule has 1 aliphatic rings. The molecule has 128 valence electrons. The Hall–Kier alpha value is -2.34. The molecule has 0 N–H and O–H groups in total. The van der Waals surface area contributed by atoms with Crippen LogP contribution in [-0.4, -0.2) is 43.4 Å². The molecule has 1 saturated heterocycles.